The van der Waals surface area contributed by atoms with E-state index in [0.717, 1.165) is 0 Å². The molecule has 0 atom stereocenters. The van der Waals surface area contributed by atoms with Crippen LogP contribution in [0.4, 0.5) is 5.69 Å². The Hall–Kier alpha value is -2.38. The summed E-state index contributed by atoms with van der Waals surface area (Å²) in [5, 5.41) is 2.88. The Balaban J connectivity index is 1.67. The number of hydrogen-bond acceptors (Lipinski definition) is 3. The Morgan fingerprint density at radius 2 is 1.88 bits per heavy atom. The Morgan fingerprint density at radius 3 is 2.60 bits per heavy atom. The van der Waals surface area contributed by atoms with Gasteiger partial charge in [0.15, 0.2) is 0 Å². The highest BCUT2D eigenvalue weighted by Gasteiger charge is 2.12. The van der Waals surface area contributed by atoms with Crippen LogP contribution >= 0.6 is 15.9 Å². The monoisotopic (exact) mass is 402 g/mol. The number of nitrogens with zero attached hydrogens (tertiary/aromatic N) is 1. The van der Waals surface area contributed by atoms with E-state index in [1.165, 1.54) is 11.1 Å². The Kier molecular flexibility index (Phi) is 5.06. The summed E-state index contributed by atoms with van der Waals surface area (Å²) in [5.74, 6) is -0.117. The van der Waals surface area contributed by atoms with Crippen LogP contribution in [0, 0.1) is 6.92 Å². The minimum absolute atomic E-state index is 0.117. The minimum Gasteiger partial charge on any atom is -0.324 e. The first-order chi connectivity index (χ1) is 11.9. The molecule has 0 aliphatic rings. The summed E-state index contributed by atoms with van der Waals surface area (Å²) in [4.78, 5) is 31.0. The molecule has 0 bridgehead atoms. The predicted octanol–water partition coefficient (Wildman–Crippen LogP) is 3.00. The van der Waals surface area contributed by atoms with Crippen molar-refractivity contribution in [3.8, 4) is 0 Å². The number of carbonyl (C=O) groups excluding carboxylic acids is 1. The van der Waals surface area contributed by atoms with Gasteiger partial charge in [-0.05, 0) is 53.2 Å². The molecule has 0 spiro atoms. The lowest BCUT2D eigenvalue weighted by molar-refractivity contribution is -0.117. The van der Waals surface area contributed by atoms with E-state index in [1.807, 2.05) is 24.1 Å². The van der Waals surface area contributed by atoms with Crippen molar-refractivity contribution in [1.29, 1.82) is 0 Å². The average Bonchev–Trinajstić information content (AvgIpc) is 2.88. The lowest BCUT2D eigenvalue weighted by Crippen LogP contribution is -2.30. The summed E-state index contributed by atoms with van der Waals surface area (Å²) in [6.07, 6.45) is 0. The minimum atomic E-state index is -0.275. The smallest absolute Gasteiger partial charge is 0.323 e. The number of fused-ring (bicyclic) bond motifs is 1. The number of likely N-dealkylation sites (N-methyl/N-ethyl adjacent to an activating group) is 1. The molecule has 1 aromatic heterocycles. The number of H-pyrrole nitrogens is 2. The van der Waals surface area contributed by atoms with Gasteiger partial charge in [0.1, 0.15) is 0 Å². The van der Waals surface area contributed by atoms with Crippen molar-refractivity contribution in [1.82, 2.24) is 14.9 Å². The molecule has 0 saturated heterocycles. The lowest BCUT2D eigenvalue weighted by Gasteiger charge is -2.18. The van der Waals surface area contributed by atoms with E-state index < -0.39 is 0 Å². The maximum atomic E-state index is 12.3. The molecule has 3 aromatic rings. The van der Waals surface area contributed by atoms with Crippen molar-refractivity contribution >= 4 is 38.6 Å². The highest BCUT2D eigenvalue weighted by molar-refractivity contribution is 9.10. The van der Waals surface area contributed by atoms with Crippen LogP contribution in [0.1, 0.15) is 11.1 Å². The van der Waals surface area contributed by atoms with Crippen molar-refractivity contribution < 1.29 is 4.79 Å². The summed E-state index contributed by atoms with van der Waals surface area (Å²) in [6.45, 7) is 3.03. The van der Waals surface area contributed by atoms with Gasteiger partial charge in [-0.2, -0.15) is 0 Å². The quantitative estimate of drug-likeness (QED) is 0.613. The van der Waals surface area contributed by atoms with Crippen molar-refractivity contribution in [3.63, 3.8) is 0 Å². The molecule has 0 fully saturated rings. The van der Waals surface area contributed by atoms with E-state index in [4.69, 9.17) is 0 Å². The summed E-state index contributed by atoms with van der Waals surface area (Å²) in [6, 6.07) is 11.6. The van der Waals surface area contributed by atoms with Crippen molar-refractivity contribution in [3.05, 3.63) is 62.5 Å². The predicted molar refractivity (Wildman–Crippen MR) is 103 cm³/mol. The first kappa shape index (κ1) is 17.4. The summed E-state index contributed by atoms with van der Waals surface area (Å²) < 4.78 is 0.713. The lowest BCUT2D eigenvalue weighted by atomic mass is 10.1. The van der Waals surface area contributed by atoms with Gasteiger partial charge in [-0.3, -0.25) is 9.69 Å². The number of imidazole rings is 1. The zero-order valence-corrected chi connectivity index (χ0v) is 15.6. The number of hydrogen-bond donors (Lipinski definition) is 3. The van der Waals surface area contributed by atoms with E-state index in [9.17, 15) is 9.59 Å². The second-order valence-electron chi connectivity index (χ2n) is 6.10. The number of aromatic amines is 2. The molecule has 3 N–H and O–H groups in total. The number of carbonyl (C=O) groups is 1. The maximum absolute atomic E-state index is 12.3. The molecule has 0 aliphatic carbocycles. The molecule has 130 valence electrons. The van der Waals surface area contributed by atoms with Crippen LogP contribution in [0.3, 0.4) is 0 Å². The number of aromatic nitrogens is 2. The van der Waals surface area contributed by atoms with Crippen molar-refractivity contribution in [2.45, 2.75) is 13.5 Å². The Bertz CT molecular complexity index is 977. The van der Waals surface area contributed by atoms with Gasteiger partial charge in [-0.1, -0.05) is 24.3 Å². The van der Waals surface area contributed by atoms with E-state index >= 15 is 0 Å². The molecular formula is C18H19BrN4O2. The topological polar surface area (TPSA) is 81.0 Å². The SMILES string of the molecule is Cc1ccccc1CN(C)CC(=O)Nc1cc2[nH]c(=O)[nH]c2cc1Br. The number of benzene rings is 2. The summed E-state index contributed by atoms with van der Waals surface area (Å²) >= 11 is 3.42. The van der Waals surface area contributed by atoms with Crippen LogP contribution in [0.5, 0.6) is 0 Å². The van der Waals surface area contributed by atoms with Crippen LogP contribution in [-0.2, 0) is 11.3 Å². The highest BCUT2D eigenvalue weighted by atomic mass is 79.9. The van der Waals surface area contributed by atoms with Crippen molar-refractivity contribution in [2.24, 2.45) is 0 Å². The van der Waals surface area contributed by atoms with Crippen LogP contribution in [0.15, 0.2) is 45.7 Å². The van der Waals surface area contributed by atoms with Gasteiger partial charge >= 0.3 is 5.69 Å². The van der Waals surface area contributed by atoms with Gasteiger partial charge in [0.2, 0.25) is 5.91 Å². The molecule has 0 saturated carbocycles. The van der Waals surface area contributed by atoms with Gasteiger partial charge in [-0.15, -0.1) is 0 Å². The van der Waals surface area contributed by atoms with Gasteiger partial charge in [0, 0.05) is 11.0 Å². The molecule has 25 heavy (non-hydrogen) atoms. The zero-order chi connectivity index (χ0) is 18.0. The third-order valence-corrected chi connectivity index (χ3v) is 4.65. The van der Waals surface area contributed by atoms with E-state index in [0.29, 0.717) is 27.7 Å². The molecule has 6 nitrogen and oxygen atoms in total. The fourth-order valence-electron chi connectivity index (χ4n) is 2.72. The molecule has 0 unspecified atom stereocenters. The summed E-state index contributed by atoms with van der Waals surface area (Å²) in [5.41, 5.74) is 4.09. The molecule has 7 heteroatoms. The van der Waals surface area contributed by atoms with Crippen LogP contribution < -0.4 is 11.0 Å². The number of amides is 1. The maximum Gasteiger partial charge on any atom is 0.323 e. The number of anilines is 1. The third-order valence-electron chi connectivity index (χ3n) is 3.99. The largest absolute Gasteiger partial charge is 0.324 e. The first-order valence-electron chi connectivity index (χ1n) is 7.87. The van der Waals surface area contributed by atoms with E-state index in [1.54, 1.807) is 12.1 Å². The Morgan fingerprint density at radius 1 is 1.20 bits per heavy atom. The third kappa shape index (κ3) is 4.18. The second-order valence-corrected chi connectivity index (χ2v) is 6.96. The fourth-order valence-corrected chi connectivity index (χ4v) is 3.16. The van der Waals surface area contributed by atoms with Crippen LogP contribution in [0.2, 0.25) is 0 Å². The molecule has 0 aliphatic heterocycles. The molecule has 1 heterocycles. The average molecular weight is 403 g/mol. The number of aryl methyl sites for hydroxylation is 1. The normalized spacial score (nSPS) is 11.2. The van der Waals surface area contributed by atoms with Crippen molar-refractivity contribution in [2.75, 3.05) is 18.9 Å². The molecule has 0 radical (unpaired) electrons. The van der Waals surface area contributed by atoms with Crippen LogP contribution in [-0.4, -0.2) is 34.4 Å². The molecular weight excluding hydrogens is 384 g/mol. The highest BCUT2D eigenvalue weighted by Crippen LogP contribution is 2.26. The van der Waals surface area contributed by atoms with Gasteiger partial charge in [0.25, 0.3) is 0 Å². The van der Waals surface area contributed by atoms with Gasteiger partial charge in [0.05, 0.1) is 23.3 Å². The zero-order valence-electron chi connectivity index (χ0n) is 14.0. The Labute approximate surface area is 153 Å². The number of nitrogens with one attached hydrogen (secondary N) is 3. The van der Waals surface area contributed by atoms with Gasteiger partial charge < -0.3 is 15.3 Å². The fraction of sp³-hybridized carbons (Fsp3) is 0.222. The van der Waals surface area contributed by atoms with E-state index in [2.05, 4.69) is 50.3 Å². The molecule has 1 amide bonds. The molecule has 3 rings (SSSR count). The first-order valence-corrected chi connectivity index (χ1v) is 8.66. The molecule has 2 aromatic carbocycles. The number of halogens is 1. The summed E-state index contributed by atoms with van der Waals surface area (Å²) in [7, 11) is 1.91. The van der Waals surface area contributed by atoms with Crippen LogP contribution in [0.25, 0.3) is 11.0 Å². The standard InChI is InChI=1S/C18H19BrN4O2/c1-11-5-3-4-6-12(11)9-23(2)10-17(24)20-14-8-16-15(7-13(14)19)21-18(25)22-16/h3-8H,9-10H2,1-2H3,(H,20,24)(H2,21,22,25). The number of rotatable bonds is 5. The van der Waals surface area contributed by atoms with Gasteiger partial charge in [-0.25, -0.2) is 4.79 Å². The van der Waals surface area contributed by atoms with E-state index in [-0.39, 0.29) is 18.1 Å². The second kappa shape index (κ2) is 7.25.